The summed E-state index contributed by atoms with van der Waals surface area (Å²) in [4.78, 5) is 0. The summed E-state index contributed by atoms with van der Waals surface area (Å²) >= 11 is 0. The molecule has 6 heteroatoms. The van der Waals surface area contributed by atoms with Crippen molar-refractivity contribution in [3.63, 3.8) is 0 Å². The molecule has 0 aliphatic heterocycles. The second-order valence-corrected chi connectivity index (χ2v) is 5.94. The fourth-order valence-corrected chi connectivity index (χ4v) is 1.90. The van der Waals surface area contributed by atoms with Crippen LogP contribution in [0.5, 0.6) is 23.0 Å². The van der Waals surface area contributed by atoms with Crippen molar-refractivity contribution in [2.45, 2.75) is 27.4 Å². The van der Waals surface area contributed by atoms with Gasteiger partial charge in [0.05, 0.1) is 6.61 Å². The third kappa shape index (κ3) is 17.4. The molecule has 0 saturated carbocycles. The van der Waals surface area contributed by atoms with Crippen LogP contribution in [0.4, 0.5) is 0 Å². The first-order chi connectivity index (χ1) is 14.9. The van der Waals surface area contributed by atoms with Crippen molar-refractivity contribution in [1.29, 1.82) is 0 Å². The normalized spacial score (nSPS) is 9.13. The average Bonchev–Trinajstić information content (AvgIpc) is 2.79. The molecule has 4 N–H and O–H groups in total. The second kappa shape index (κ2) is 18.8. The molecule has 0 spiro atoms. The van der Waals surface area contributed by atoms with Gasteiger partial charge in [-0.25, -0.2) is 0 Å². The number of phenols is 4. The minimum Gasteiger partial charge on any atom is -0.508 e. The van der Waals surface area contributed by atoms with Crippen LogP contribution in [-0.2, 0) is 16.1 Å². The van der Waals surface area contributed by atoms with Gasteiger partial charge in [-0.3, -0.25) is 0 Å². The summed E-state index contributed by atoms with van der Waals surface area (Å²) in [7, 11) is 0. The highest BCUT2D eigenvalue weighted by Crippen LogP contribution is 2.13. The molecule has 0 saturated heterocycles. The molecule has 3 aromatic carbocycles. The Morgan fingerprint density at radius 3 is 1.06 bits per heavy atom. The highest BCUT2D eigenvalue weighted by atomic mass is 16.5. The molecule has 0 atom stereocenters. The lowest BCUT2D eigenvalue weighted by molar-refractivity contribution is 0.134. The number of hydrogen-bond donors (Lipinski definition) is 4. The first-order valence-corrected chi connectivity index (χ1v) is 10.1. The summed E-state index contributed by atoms with van der Waals surface area (Å²) in [6.07, 6.45) is 0. The van der Waals surface area contributed by atoms with Gasteiger partial charge in [-0.05, 0) is 74.9 Å². The number of phenolic OH excluding ortho intramolecular Hbond substituents is 4. The topological polar surface area (TPSA) is 99.4 Å². The molecular formula is C25H34O6. The van der Waals surface area contributed by atoms with Gasteiger partial charge in [0.2, 0.25) is 0 Å². The quantitative estimate of drug-likeness (QED) is 0.401. The fraction of sp³-hybridized carbons (Fsp3) is 0.280. The maximum absolute atomic E-state index is 8.65. The number of benzene rings is 3. The molecule has 6 nitrogen and oxygen atoms in total. The van der Waals surface area contributed by atoms with Crippen molar-refractivity contribution in [2.75, 3.05) is 19.8 Å². The standard InChI is InChI=1S/C9H12O.2C6H6O2.C4H10O/c1-2-10-8-9-6-4-3-5-7-9;2*7-5-1-2-6(8)4-3-5;1-3-5-4-2/h3-7H,2,8H2,1H3;2*1-4,7-8H;3-4H2,1-2H3. The number of aromatic hydroxyl groups is 4. The van der Waals surface area contributed by atoms with Crippen LogP contribution in [0.15, 0.2) is 78.9 Å². The van der Waals surface area contributed by atoms with E-state index in [2.05, 4.69) is 12.1 Å². The summed E-state index contributed by atoms with van der Waals surface area (Å²) in [5.41, 5.74) is 1.24. The molecule has 3 rings (SSSR count). The summed E-state index contributed by atoms with van der Waals surface area (Å²) in [5.74, 6) is 0.677. The molecule has 0 radical (unpaired) electrons. The van der Waals surface area contributed by atoms with Gasteiger partial charge in [0, 0.05) is 19.8 Å². The van der Waals surface area contributed by atoms with Gasteiger partial charge in [0.1, 0.15) is 23.0 Å². The molecular weight excluding hydrogens is 396 g/mol. The molecule has 170 valence electrons. The zero-order valence-corrected chi connectivity index (χ0v) is 18.4. The Labute approximate surface area is 185 Å². The zero-order valence-electron chi connectivity index (χ0n) is 18.4. The Bertz CT molecular complexity index is 671. The van der Waals surface area contributed by atoms with Crippen molar-refractivity contribution in [3.05, 3.63) is 84.4 Å². The van der Waals surface area contributed by atoms with E-state index in [9.17, 15) is 0 Å². The first-order valence-electron chi connectivity index (χ1n) is 10.1. The summed E-state index contributed by atoms with van der Waals surface area (Å²) < 4.78 is 10.1. The van der Waals surface area contributed by atoms with Gasteiger partial charge >= 0.3 is 0 Å². The van der Waals surface area contributed by atoms with Gasteiger partial charge in [-0.2, -0.15) is 0 Å². The molecule has 0 heterocycles. The van der Waals surface area contributed by atoms with E-state index < -0.39 is 0 Å². The maximum atomic E-state index is 8.65. The van der Waals surface area contributed by atoms with E-state index in [-0.39, 0.29) is 23.0 Å². The Hall–Kier alpha value is -3.22. The molecule has 3 aromatic rings. The fourth-order valence-electron chi connectivity index (χ4n) is 1.90. The van der Waals surface area contributed by atoms with Gasteiger partial charge in [0.25, 0.3) is 0 Å². The third-order valence-electron chi connectivity index (χ3n) is 3.42. The van der Waals surface area contributed by atoms with E-state index in [0.717, 1.165) is 26.4 Å². The monoisotopic (exact) mass is 430 g/mol. The summed E-state index contributed by atoms with van der Waals surface area (Å²) in [6, 6.07) is 21.6. The molecule has 0 fully saturated rings. The van der Waals surface area contributed by atoms with Crippen molar-refractivity contribution in [2.24, 2.45) is 0 Å². The summed E-state index contributed by atoms with van der Waals surface area (Å²) in [6.45, 7) is 9.19. The Morgan fingerprint density at radius 2 is 0.806 bits per heavy atom. The SMILES string of the molecule is CCOCC.CCOCc1ccccc1.Oc1ccc(O)cc1.Oc1ccc(O)cc1. The van der Waals surface area contributed by atoms with Crippen molar-refractivity contribution >= 4 is 0 Å². The highest BCUT2D eigenvalue weighted by Gasteiger charge is 1.87. The van der Waals surface area contributed by atoms with E-state index in [0.29, 0.717) is 0 Å². The Kier molecular flexibility index (Phi) is 16.8. The molecule has 0 aliphatic carbocycles. The van der Waals surface area contributed by atoms with E-state index in [1.54, 1.807) is 0 Å². The van der Waals surface area contributed by atoms with Crippen LogP contribution in [0.25, 0.3) is 0 Å². The predicted molar refractivity (Wildman–Crippen MR) is 123 cm³/mol. The Morgan fingerprint density at radius 1 is 0.484 bits per heavy atom. The van der Waals surface area contributed by atoms with Crippen molar-refractivity contribution < 1.29 is 29.9 Å². The lowest BCUT2D eigenvalue weighted by Gasteiger charge is -1.98. The second-order valence-electron chi connectivity index (χ2n) is 5.94. The van der Waals surface area contributed by atoms with Crippen molar-refractivity contribution in [3.8, 4) is 23.0 Å². The van der Waals surface area contributed by atoms with E-state index in [1.807, 2.05) is 39.0 Å². The number of hydrogen-bond acceptors (Lipinski definition) is 6. The Balaban J connectivity index is 0.000000398. The molecule has 0 aromatic heterocycles. The van der Waals surface area contributed by atoms with Crippen LogP contribution >= 0.6 is 0 Å². The van der Waals surface area contributed by atoms with Crippen LogP contribution in [0.2, 0.25) is 0 Å². The maximum Gasteiger partial charge on any atom is 0.115 e. The lowest BCUT2D eigenvalue weighted by atomic mass is 10.2. The average molecular weight is 431 g/mol. The van der Waals surface area contributed by atoms with Gasteiger partial charge < -0.3 is 29.9 Å². The molecule has 0 amide bonds. The van der Waals surface area contributed by atoms with E-state index in [4.69, 9.17) is 29.9 Å². The van der Waals surface area contributed by atoms with Crippen LogP contribution in [-0.4, -0.2) is 40.2 Å². The molecule has 0 unspecified atom stereocenters. The predicted octanol–water partition coefficient (Wildman–Crippen LogP) is 5.46. The van der Waals surface area contributed by atoms with Crippen LogP contribution in [0.1, 0.15) is 26.3 Å². The third-order valence-corrected chi connectivity index (χ3v) is 3.42. The lowest BCUT2D eigenvalue weighted by Crippen LogP contribution is -1.90. The minimum absolute atomic E-state index is 0.169. The zero-order chi connectivity index (χ0) is 23.3. The van der Waals surface area contributed by atoms with Crippen molar-refractivity contribution in [1.82, 2.24) is 0 Å². The smallest absolute Gasteiger partial charge is 0.115 e. The van der Waals surface area contributed by atoms with E-state index >= 15 is 0 Å². The highest BCUT2D eigenvalue weighted by molar-refractivity contribution is 5.29. The largest absolute Gasteiger partial charge is 0.508 e. The molecule has 31 heavy (non-hydrogen) atoms. The van der Waals surface area contributed by atoms with Gasteiger partial charge in [0.15, 0.2) is 0 Å². The number of ether oxygens (including phenoxy) is 2. The minimum atomic E-state index is 0.169. The number of rotatable bonds is 5. The summed E-state index contributed by atoms with van der Waals surface area (Å²) in [5, 5.41) is 34.6. The van der Waals surface area contributed by atoms with Crippen LogP contribution < -0.4 is 0 Å². The molecule has 0 bridgehead atoms. The van der Waals surface area contributed by atoms with Gasteiger partial charge in [-0.15, -0.1) is 0 Å². The van der Waals surface area contributed by atoms with Gasteiger partial charge in [-0.1, -0.05) is 30.3 Å². The first kappa shape index (κ1) is 27.8. The van der Waals surface area contributed by atoms with Crippen LogP contribution in [0, 0.1) is 0 Å². The molecule has 0 aliphatic rings. The van der Waals surface area contributed by atoms with E-state index in [1.165, 1.54) is 54.1 Å². The van der Waals surface area contributed by atoms with Crippen LogP contribution in [0.3, 0.4) is 0 Å².